The standard InChI is InChI=1S/C31H31F4NO/c1-2-3-4-24-7-15-27(36-20-24)14-6-23-10-18-29-26(19-23)13-12-25(30(29)32)11-5-22-8-16-28(17-9-22)37-21-31(33,34)35/h7-10,12-13,15-20H,2-6,11,14,21H2,1H3. The quantitative estimate of drug-likeness (QED) is 0.190. The fourth-order valence-electron chi connectivity index (χ4n) is 4.34. The van der Waals surface area contributed by atoms with Crippen LogP contribution in [-0.4, -0.2) is 17.8 Å². The molecule has 0 N–H and O–H groups in total. The number of rotatable bonds is 11. The molecule has 0 fully saturated rings. The van der Waals surface area contributed by atoms with Crippen molar-refractivity contribution in [3.63, 3.8) is 0 Å². The topological polar surface area (TPSA) is 22.1 Å². The van der Waals surface area contributed by atoms with Crippen molar-refractivity contribution in [1.29, 1.82) is 0 Å². The van der Waals surface area contributed by atoms with Crippen LogP contribution in [0, 0.1) is 5.82 Å². The van der Waals surface area contributed by atoms with E-state index in [4.69, 9.17) is 4.74 Å². The summed E-state index contributed by atoms with van der Waals surface area (Å²) < 4.78 is 56.8. The van der Waals surface area contributed by atoms with Crippen molar-refractivity contribution in [2.24, 2.45) is 0 Å². The zero-order chi connectivity index (χ0) is 26.3. The third-order valence-electron chi connectivity index (χ3n) is 6.48. The second kappa shape index (κ2) is 12.2. The van der Waals surface area contributed by atoms with Crippen molar-refractivity contribution in [1.82, 2.24) is 4.98 Å². The van der Waals surface area contributed by atoms with Crippen LogP contribution >= 0.6 is 0 Å². The molecule has 0 aliphatic carbocycles. The highest BCUT2D eigenvalue weighted by atomic mass is 19.4. The molecule has 4 aromatic rings. The first-order valence-electron chi connectivity index (χ1n) is 12.7. The highest BCUT2D eigenvalue weighted by Gasteiger charge is 2.28. The molecule has 0 atom stereocenters. The molecule has 0 aliphatic rings. The van der Waals surface area contributed by atoms with Crippen molar-refractivity contribution in [3.05, 3.63) is 107 Å². The second-order valence-electron chi connectivity index (χ2n) is 9.40. The van der Waals surface area contributed by atoms with E-state index in [1.807, 2.05) is 36.5 Å². The molecule has 37 heavy (non-hydrogen) atoms. The van der Waals surface area contributed by atoms with Crippen molar-refractivity contribution in [3.8, 4) is 5.75 Å². The predicted octanol–water partition coefficient (Wildman–Crippen LogP) is 8.23. The van der Waals surface area contributed by atoms with Crippen molar-refractivity contribution in [2.75, 3.05) is 6.61 Å². The van der Waals surface area contributed by atoms with E-state index in [0.717, 1.165) is 41.5 Å². The van der Waals surface area contributed by atoms with Gasteiger partial charge in [0.15, 0.2) is 6.61 Å². The largest absolute Gasteiger partial charge is 0.484 e. The molecule has 0 aliphatic heterocycles. The van der Waals surface area contributed by atoms with Gasteiger partial charge in [-0.1, -0.05) is 61.9 Å². The Hall–Kier alpha value is -3.41. The van der Waals surface area contributed by atoms with Gasteiger partial charge < -0.3 is 4.74 Å². The van der Waals surface area contributed by atoms with E-state index in [2.05, 4.69) is 24.0 Å². The van der Waals surface area contributed by atoms with Crippen LogP contribution in [0.15, 0.2) is 72.9 Å². The number of alkyl halides is 3. The highest BCUT2D eigenvalue weighted by molar-refractivity contribution is 5.84. The van der Waals surface area contributed by atoms with Crippen LogP contribution in [0.25, 0.3) is 10.8 Å². The van der Waals surface area contributed by atoms with Gasteiger partial charge in [-0.25, -0.2) is 4.39 Å². The Morgan fingerprint density at radius 3 is 2.19 bits per heavy atom. The lowest BCUT2D eigenvalue weighted by Crippen LogP contribution is -2.19. The SMILES string of the molecule is CCCCc1ccc(CCc2ccc3c(F)c(CCc4ccc(OCC(F)(F)F)cc4)ccc3c2)nc1. The van der Waals surface area contributed by atoms with Gasteiger partial charge >= 0.3 is 6.18 Å². The van der Waals surface area contributed by atoms with Gasteiger partial charge in [-0.2, -0.15) is 13.2 Å². The summed E-state index contributed by atoms with van der Waals surface area (Å²) in [6.45, 7) is 0.864. The van der Waals surface area contributed by atoms with Gasteiger partial charge in [0.2, 0.25) is 0 Å². The molecule has 0 unspecified atom stereocenters. The summed E-state index contributed by atoms with van der Waals surface area (Å²) in [5, 5.41) is 1.46. The molecule has 1 heterocycles. The summed E-state index contributed by atoms with van der Waals surface area (Å²) in [7, 11) is 0. The Kier molecular flexibility index (Phi) is 8.80. The molecule has 6 heteroatoms. The van der Waals surface area contributed by atoms with E-state index >= 15 is 4.39 Å². The third-order valence-corrected chi connectivity index (χ3v) is 6.48. The Morgan fingerprint density at radius 2 is 1.49 bits per heavy atom. The molecule has 1 aromatic heterocycles. The first-order valence-corrected chi connectivity index (χ1v) is 12.7. The lowest BCUT2D eigenvalue weighted by molar-refractivity contribution is -0.153. The molecule has 0 amide bonds. The van der Waals surface area contributed by atoms with Crippen LogP contribution in [-0.2, 0) is 32.1 Å². The normalized spacial score (nSPS) is 11.7. The summed E-state index contributed by atoms with van der Waals surface area (Å²) in [5.41, 5.74) is 4.99. The maximum absolute atomic E-state index is 15.2. The van der Waals surface area contributed by atoms with Crippen LogP contribution in [0.5, 0.6) is 5.75 Å². The number of fused-ring (bicyclic) bond motifs is 1. The van der Waals surface area contributed by atoms with E-state index in [1.54, 1.807) is 12.1 Å². The van der Waals surface area contributed by atoms with E-state index in [-0.39, 0.29) is 11.6 Å². The zero-order valence-electron chi connectivity index (χ0n) is 21.0. The van der Waals surface area contributed by atoms with Crippen LogP contribution < -0.4 is 4.74 Å². The number of aryl methyl sites for hydroxylation is 5. The lowest BCUT2D eigenvalue weighted by Gasteiger charge is -2.11. The predicted molar refractivity (Wildman–Crippen MR) is 140 cm³/mol. The van der Waals surface area contributed by atoms with Crippen molar-refractivity contribution < 1.29 is 22.3 Å². The van der Waals surface area contributed by atoms with Crippen molar-refractivity contribution in [2.45, 2.75) is 58.0 Å². The maximum atomic E-state index is 15.2. The average Bonchev–Trinajstić information content (AvgIpc) is 2.90. The number of nitrogens with zero attached hydrogens (tertiary/aromatic N) is 1. The smallest absolute Gasteiger partial charge is 0.422 e. The Labute approximate surface area is 215 Å². The number of hydrogen-bond acceptors (Lipinski definition) is 2. The fraction of sp³-hybridized carbons (Fsp3) is 0.323. The van der Waals surface area contributed by atoms with Crippen LogP contribution in [0.3, 0.4) is 0 Å². The second-order valence-corrected chi connectivity index (χ2v) is 9.40. The molecule has 0 spiro atoms. The molecular formula is C31H31F4NO. The number of benzene rings is 3. The average molecular weight is 510 g/mol. The van der Waals surface area contributed by atoms with Gasteiger partial charge in [0.05, 0.1) is 0 Å². The highest BCUT2D eigenvalue weighted by Crippen LogP contribution is 2.25. The van der Waals surface area contributed by atoms with Gasteiger partial charge in [0.25, 0.3) is 0 Å². The Bertz CT molecular complexity index is 1300. The van der Waals surface area contributed by atoms with Crippen molar-refractivity contribution >= 4 is 10.8 Å². The summed E-state index contributed by atoms with van der Waals surface area (Å²) in [4.78, 5) is 4.59. The summed E-state index contributed by atoms with van der Waals surface area (Å²) in [6, 6.07) is 20.3. The van der Waals surface area contributed by atoms with Gasteiger partial charge in [-0.15, -0.1) is 0 Å². The summed E-state index contributed by atoms with van der Waals surface area (Å²) in [6.07, 6.45) is 3.75. The van der Waals surface area contributed by atoms with E-state index in [9.17, 15) is 13.2 Å². The molecule has 4 rings (SSSR count). The van der Waals surface area contributed by atoms with Crippen LogP contribution in [0.4, 0.5) is 17.6 Å². The third kappa shape index (κ3) is 7.78. The number of hydrogen-bond donors (Lipinski definition) is 0. The number of halogens is 4. The van der Waals surface area contributed by atoms with Crippen LogP contribution in [0.2, 0.25) is 0 Å². The number of ether oxygens (including phenoxy) is 1. The Morgan fingerprint density at radius 1 is 0.757 bits per heavy atom. The van der Waals surface area contributed by atoms with Gasteiger partial charge in [-0.3, -0.25) is 4.98 Å². The van der Waals surface area contributed by atoms with Gasteiger partial charge in [0, 0.05) is 17.3 Å². The molecule has 0 radical (unpaired) electrons. The molecule has 3 aromatic carbocycles. The minimum absolute atomic E-state index is 0.161. The molecule has 194 valence electrons. The number of unbranched alkanes of at least 4 members (excludes halogenated alkanes) is 1. The van der Waals surface area contributed by atoms with E-state index in [1.165, 1.54) is 30.5 Å². The molecular weight excluding hydrogens is 478 g/mol. The minimum atomic E-state index is -4.37. The minimum Gasteiger partial charge on any atom is -0.484 e. The zero-order valence-corrected chi connectivity index (χ0v) is 21.0. The Balaban J connectivity index is 1.34. The first kappa shape index (κ1) is 26.6. The summed E-state index contributed by atoms with van der Waals surface area (Å²) >= 11 is 0. The number of pyridine rings is 1. The van der Waals surface area contributed by atoms with Crippen LogP contribution in [0.1, 0.15) is 47.7 Å². The number of aromatic nitrogens is 1. The van der Waals surface area contributed by atoms with Gasteiger partial charge in [-0.05, 0) is 84.4 Å². The fourth-order valence-corrected chi connectivity index (χ4v) is 4.34. The van der Waals surface area contributed by atoms with Gasteiger partial charge in [0.1, 0.15) is 11.6 Å². The maximum Gasteiger partial charge on any atom is 0.422 e. The summed E-state index contributed by atoms with van der Waals surface area (Å²) in [5.74, 6) is -0.0629. The molecule has 0 saturated heterocycles. The molecule has 0 saturated carbocycles. The van der Waals surface area contributed by atoms with E-state index < -0.39 is 12.8 Å². The molecule has 0 bridgehead atoms. The molecule has 2 nitrogen and oxygen atoms in total. The lowest BCUT2D eigenvalue weighted by atomic mass is 9.98. The monoisotopic (exact) mass is 509 g/mol. The van der Waals surface area contributed by atoms with E-state index in [0.29, 0.717) is 23.8 Å². The first-order chi connectivity index (χ1) is 17.8.